The minimum Gasteiger partial charge on any atom is -0.303 e. The van der Waals surface area contributed by atoms with Gasteiger partial charge in [-0.25, -0.2) is 0 Å². The second kappa shape index (κ2) is 6.77. The maximum atomic E-state index is 4.94. The molecule has 4 fully saturated rings. The summed E-state index contributed by atoms with van der Waals surface area (Å²) in [5, 5.41) is 13.8. The molecule has 0 N–H and O–H groups in total. The third-order valence-electron chi connectivity index (χ3n) is 8.90. The minimum absolute atomic E-state index is 0.362. The molecule has 152 valence electrons. The summed E-state index contributed by atoms with van der Waals surface area (Å²) in [6.07, 6.45) is 12.0. The van der Waals surface area contributed by atoms with E-state index in [4.69, 9.17) is 10.2 Å². The van der Waals surface area contributed by atoms with E-state index in [1.165, 1.54) is 69.2 Å². The molecule has 0 amide bonds. The summed E-state index contributed by atoms with van der Waals surface area (Å²) in [6, 6.07) is 0. The van der Waals surface area contributed by atoms with E-state index in [2.05, 4.69) is 42.0 Å². The third-order valence-corrected chi connectivity index (χ3v) is 8.90. The molecule has 0 saturated heterocycles. The first kappa shape index (κ1) is 19.3. The fraction of sp³-hybridized carbons (Fsp3) is 0.913. The van der Waals surface area contributed by atoms with Crippen LogP contribution in [-0.2, 0) is 0 Å². The average Bonchev–Trinajstić information content (AvgIpc) is 2.91. The van der Waals surface area contributed by atoms with Crippen LogP contribution in [0.15, 0.2) is 10.2 Å². The Morgan fingerprint density at radius 1 is 0.815 bits per heavy atom. The normalized spacial score (nSPS) is 46.7. The van der Waals surface area contributed by atoms with Crippen LogP contribution in [0.3, 0.4) is 0 Å². The predicted octanol–water partition coefficient (Wildman–Crippen LogP) is 4.86. The van der Waals surface area contributed by atoms with Gasteiger partial charge in [-0.2, -0.15) is 10.2 Å². The molecule has 0 radical (unpaired) electrons. The Kier molecular flexibility index (Phi) is 4.83. The fourth-order valence-electron chi connectivity index (χ4n) is 7.63. The summed E-state index contributed by atoms with van der Waals surface area (Å²) in [7, 11) is 8.28. The van der Waals surface area contributed by atoms with E-state index in [-0.39, 0.29) is 0 Å². The number of fused-ring (bicyclic) bond motifs is 5. The van der Waals surface area contributed by atoms with Gasteiger partial charge in [0.1, 0.15) is 0 Å². The van der Waals surface area contributed by atoms with Gasteiger partial charge >= 0.3 is 0 Å². The lowest BCUT2D eigenvalue weighted by Crippen LogP contribution is -2.53. The molecule has 6 atom stereocenters. The Hall–Kier alpha value is -1.06. The summed E-state index contributed by atoms with van der Waals surface area (Å²) in [6.45, 7) is 5.19. The Morgan fingerprint density at radius 2 is 1.56 bits per heavy atom. The monoisotopic (exact) mass is 372 g/mol. The third kappa shape index (κ3) is 3.11. The SMILES string of the molecule is CN(C)/N=C1\CCC2(C)C(CCC3C4CC/C(=N\N(C)C)C4(C)CCC32)C1. The Balaban J connectivity index is 1.56. The zero-order chi connectivity index (χ0) is 19.4. The predicted molar refractivity (Wildman–Crippen MR) is 114 cm³/mol. The molecule has 4 aliphatic carbocycles. The van der Waals surface area contributed by atoms with Gasteiger partial charge in [-0.15, -0.1) is 0 Å². The first-order valence-corrected chi connectivity index (χ1v) is 11.2. The Bertz CT molecular complexity index is 636. The molecule has 4 aliphatic rings. The zero-order valence-electron chi connectivity index (χ0n) is 18.5. The van der Waals surface area contributed by atoms with Crippen LogP contribution in [0.1, 0.15) is 71.6 Å². The lowest BCUT2D eigenvalue weighted by atomic mass is 9.45. The van der Waals surface area contributed by atoms with E-state index in [0.29, 0.717) is 10.8 Å². The maximum absolute atomic E-state index is 4.94. The molecule has 4 rings (SSSR count). The van der Waals surface area contributed by atoms with E-state index < -0.39 is 0 Å². The molecule has 6 unspecified atom stereocenters. The standard InChI is InChI=1S/C23H40N4/c1-22-13-11-17(24-26(3)4)15-16(22)7-8-18-19-9-10-21(25-27(5)6)23(19,2)14-12-20(18)22/h16,18-20H,7-15H2,1-6H3/b24-17+,25-21+. The average molecular weight is 373 g/mol. The zero-order valence-corrected chi connectivity index (χ0v) is 18.5. The van der Waals surface area contributed by atoms with Gasteiger partial charge in [0.2, 0.25) is 0 Å². The molecule has 0 heterocycles. The van der Waals surface area contributed by atoms with E-state index >= 15 is 0 Å². The van der Waals surface area contributed by atoms with Gasteiger partial charge in [-0.1, -0.05) is 13.8 Å². The first-order valence-electron chi connectivity index (χ1n) is 11.2. The summed E-state index contributed by atoms with van der Waals surface area (Å²) < 4.78 is 0. The number of rotatable bonds is 2. The highest BCUT2D eigenvalue weighted by Gasteiger charge is 2.59. The minimum atomic E-state index is 0.362. The van der Waals surface area contributed by atoms with Crippen LogP contribution in [0.4, 0.5) is 0 Å². The summed E-state index contributed by atoms with van der Waals surface area (Å²) in [5.41, 5.74) is 3.84. The van der Waals surface area contributed by atoms with Crippen LogP contribution in [0.5, 0.6) is 0 Å². The van der Waals surface area contributed by atoms with Crippen LogP contribution in [0, 0.1) is 34.5 Å². The molecule has 4 heteroatoms. The van der Waals surface area contributed by atoms with Crippen LogP contribution >= 0.6 is 0 Å². The van der Waals surface area contributed by atoms with Crippen molar-refractivity contribution in [2.45, 2.75) is 71.6 Å². The Morgan fingerprint density at radius 3 is 2.26 bits per heavy atom. The smallest absolute Gasteiger partial charge is 0.0442 e. The van der Waals surface area contributed by atoms with Crippen molar-refractivity contribution < 1.29 is 0 Å². The molecular weight excluding hydrogens is 332 g/mol. The van der Waals surface area contributed by atoms with Gasteiger partial charge in [0.05, 0.1) is 0 Å². The van der Waals surface area contributed by atoms with Crippen molar-refractivity contribution in [1.29, 1.82) is 0 Å². The van der Waals surface area contributed by atoms with Crippen molar-refractivity contribution in [3.8, 4) is 0 Å². The fourth-order valence-corrected chi connectivity index (χ4v) is 7.63. The quantitative estimate of drug-likeness (QED) is 0.648. The molecule has 27 heavy (non-hydrogen) atoms. The summed E-state index contributed by atoms with van der Waals surface area (Å²) >= 11 is 0. The topological polar surface area (TPSA) is 31.2 Å². The van der Waals surface area contributed by atoms with Gasteiger partial charge in [0.25, 0.3) is 0 Å². The van der Waals surface area contributed by atoms with E-state index in [1.54, 1.807) is 0 Å². The Labute approximate surface area is 166 Å². The van der Waals surface area contributed by atoms with Crippen molar-refractivity contribution in [2.75, 3.05) is 28.2 Å². The van der Waals surface area contributed by atoms with E-state index in [9.17, 15) is 0 Å². The first-order chi connectivity index (χ1) is 12.7. The van der Waals surface area contributed by atoms with Gasteiger partial charge in [0, 0.05) is 45.0 Å². The summed E-state index contributed by atoms with van der Waals surface area (Å²) in [5.74, 6) is 3.57. The molecular formula is C23H40N4. The molecule has 0 aromatic heterocycles. The number of nitrogens with zero attached hydrogens (tertiary/aromatic N) is 4. The largest absolute Gasteiger partial charge is 0.303 e. The molecule has 0 spiro atoms. The maximum Gasteiger partial charge on any atom is 0.0442 e. The molecule has 0 bridgehead atoms. The number of hydrogen-bond acceptors (Lipinski definition) is 4. The van der Waals surface area contributed by atoms with Crippen molar-refractivity contribution in [3.05, 3.63) is 0 Å². The second-order valence-electron chi connectivity index (χ2n) is 10.8. The van der Waals surface area contributed by atoms with E-state index in [0.717, 1.165) is 23.7 Å². The van der Waals surface area contributed by atoms with E-state index in [1.807, 2.05) is 10.0 Å². The number of hydrazone groups is 2. The van der Waals surface area contributed by atoms with Gasteiger partial charge < -0.3 is 10.0 Å². The lowest BCUT2D eigenvalue weighted by molar-refractivity contribution is -0.0817. The van der Waals surface area contributed by atoms with Crippen LogP contribution in [0.25, 0.3) is 0 Å². The van der Waals surface area contributed by atoms with Crippen molar-refractivity contribution >= 4 is 11.4 Å². The molecule has 0 aromatic carbocycles. The second-order valence-corrected chi connectivity index (χ2v) is 10.8. The summed E-state index contributed by atoms with van der Waals surface area (Å²) in [4.78, 5) is 0. The highest BCUT2D eigenvalue weighted by Crippen LogP contribution is 2.65. The van der Waals surface area contributed by atoms with Gasteiger partial charge in [0.15, 0.2) is 0 Å². The van der Waals surface area contributed by atoms with Crippen LogP contribution < -0.4 is 0 Å². The molecule has 0 aliphatic heterocycles. The van der Waals surface area contributed by atoms with Crippen molar-refractivity contribution in [3.63, 3.8) is 0 Å². The van der Waals surface area contributed by atoms with Gasteiger partial charge in [-0.3, -0.25) is 0 Å². The molecule has 4 nitrogen and oxygen atoms in total. The van der Waals surface area contributed by atoms with Crippen LogP contribution in [0.2, 0.25) is 0 Å². The van der Waals surface area contributed by atoms with Gasteiger partial charge in [-0.05, 0) is 86.9 Å². The van der Waals surface area contributed by atoms with Crippen molar-refractivity contribution in [2.24, 2.45) is 44.7 Å². The highest BCUT2D eigenvalue weighted by molar-refractivity contribution is 5.92. The van der Waals surface area contributed by atoms with Crippen molar-refractivity contribution in [1.82, 2.24) is 10.0 Å². The number of hydrogen-bond donors (Lipinski definition) is 0. The molecule has 4 saturated carbocycles. The van der Waals surface area contributed by atoms with Crippen LogP contribution in [-0.4, -0.2) is 49.6 Å². The lowest BCUT2D eigenvalue weighted by Gasteiger charge is -2.59. The molecule has 0 aromatic rings. The highest BCUT2D eigenvalue weighted by atomic mass is 15.4.